The number of nitriles is 1. The van der Waals surface area contributed by atoms with Crippen molar-refractivity contribution in [1.29, 1.82) is 5.26 Å². The van der Waals surface area contributed by atoms with Crippen LogP contribution in [0.5, 0.6) is 0 Å². The third kappa shape index (κ3) is 6.12. The molecule has 1 amide bonds. The molecule has 1 heterocycles. The molecule has 1 aliphatic rings. The molecule has 3 aromatic carbocycles. The molecule has 0 N–H and O–H groups in total. The summed E-state index contributed by atoms with van der Waals surface area (Å²) in [7, 11) is 1.94. The van der Waals surface area contributed by atoms with Gasteiger partial charge in [-0.25, -0.2) is 0 Å². The van der Waals surface area contributed by atoms with Gasteiger partial charge in [-0.15, -0.1) is 0 Å². The fraction of sp³-hybridized carbons (Fsp3) is 0.333. The smallest absolute Gasteiger partial charge is 0.226 e. The lowest BCUT2D eigenvalue weighted by Gasteiger charge is -2.37. The Morgan fingerprint density at radius 2 is 1.50 bits per heavy atom. The number of piperidine rings is 1. The highest BCUT2D eigenvalue weighted by Gasteiger charge is 2.26. The van der Waals surface area contributed by atoms with Crippen molar-refractivity contribution >= 4 is 5.91 Å². The molecule has 0 aliphatic carbocycles. The fourth-order valence-corrected chi connectivity index (χ4v) is 4.94. The molecule has 1 aliphatic heterocycles. The molecule has 0 saturated carbocycles. The van der Waals surface area contributed by atoms with Crippen LogP contribution in [-0.2, 0) is 11.2 Å². The van der Waals surface area contributed by atoms with Crippen molar-refractivity contribution in [3.63, 3.8) is 0 Å². The van der Waals surface area contributed by atoms with Crippen LogP contribution in [0.2, 0.25) is 0 Å². The number of nitrogens with zero attached hydrogens (tertiary/aromatic N) is 3. The maximum Gasteiger partial charge on any atom is 0.226 e. The summed E-state index contributed by atoms with van der Waals surface area (Å²) >= 11 is 0. The predicted molar refractivity (Wildman–Crippen MR) is 136 cm³/mol. The first-order valence-electron chi connectivity index (χ1n) is 12.2. The molecule has 0 atom stereocenters. The first-order chi connectivity index (χ1) is 16.6. The average Bonchev–Trinajstić information content (AvgIpc) is 2.90. The van der Waals surface area contributed by atoms with Crippen LogP contribution < -0.4 is 0 Å². The van der Waals surface area contributed by atoms with Gasteiger partial charge in [0.05, 0.1) is 18.1 Å². The minimum absolute atomic E-state index is 0.149. The van der Waals surface area contributed by atoms with Gasteiger partial charge in [0.25, 0.3) is 0 Å². The second-order valence-electron chi connectivity index (χ2n) is 9.23. The van der Waals surface area contributed by atoms with E-state index in [2.05, 4.69) is 71.6 Å². The highest BCUT2D eigenvalue weighted by Crippen LogP contribution is 2.29. The lowest BCUT2D eigenvalue weighted by atomic mass is 9.88. The minimum Gasteiger partial charge on any atom is -0.342 e. The van der Waals surface area contributed by atoms with Crippen molar-refractivity contribution in [3.05, 3.63) is 107 Å². The highest BCUT2D eigenvalue weighted by molar-refractivity contribution is 5.78. The number of hydrogen-bond acceptors (Lipinski definition) is 3. The Morgan fingerprint density at radius 3 is 2.03 bits per heavy atom. The summed E-state index contributed by atoms with van der Waals surface area (Å²) in [6.45, 7) is 3.11. The summed E-state index contributed by atoms with van der Waals surface area (Å²) in [5.74, 6) is 0.549. The van der Waals surface area contributed by atoms with Gasteiger partial charge in [0.1, 0.15) is 0 Å². The fourth-order valence-electron chi connectivity index (χ4n) is 4.94. The molecule has 4 heteroatoms. The Labute approximate surface area is 203 Å². The van der Waals surface area contributed by atoms with Gasteiger partial charge in [-0.1, -0.05) is 72.8 Å². The van der Waals surface area contributed by atoms with E-state index in [1.807, 2.05) is 24.1 Å². The summed E-state index contributed by atoms with van der Waals surface area (Å²) in [5, 5.41) is 8.95. The largest absolute Gasteiger partial charge is 0.342 e. The van der Waals surface area contributed by atoms with Crippen molar-refractivity contribution in [2.75, 3.05) is 26.7 Å². The highest BCUT2D eigenvalue weighted by atomic mass is 16.2. The standard InChI is InChI=1S/C30H33N3O/c1-32(30(34)22-24-12-14-25(23-31)15-13-24)28-16-19-33(20-17-28)21-18-29(26-8-4-2-5-9-26)27-10-6-3-7-11-27/h2-15,28-29H,16-22H2,1H3. The van der Waals surface area contributed by atoms with Crippen molar-refractivity contribution in [2.24, 2.45) is 0 Å². The van der Waals surface area contributed by atoms with Crippen LogP contribution >= 0.6 is 0 Å². The Bertz CT molecular complexity index is 1040. The topological polar surface area (TPSA) is 47.3 Å². The molecule has 1 saturated heterocycles. The van der Waals surface area contributed by atoms with Gasteiger partial charge in [0.15, 0.2) is 0 Å². The van der Waals surface area contributed by atoms with Crippen molar-refractivity contribution in [2.45, 2.75) is 37.6 Å². The lowest BCUT2D eigenvalue weighted by molar-refractivity contribution is -0.132. The molecule has 174 valence electrons. The molecule has 0 bridgehead atoms. The van der Waals surface area contributed by atoms with Gasteiger partial charge < -0.3 is 9.80 Å². The third-order valence-electron chi connectivity index (χ3n) is 7.07. The maximum absolute atomic E-state index is 12.8. The van der Waals surface area contributed by atoms with Crippen molar-refractivity contribution in [3.8, 4) is 6.07 Å². The number of rotatable bonds is 8. The van der Waals surface area contributed by atoms with Crippen LogP contribution in [0.25, 0.3) is 0 Å². The van der Waals surface area contributed by atoms with Crippen LogP contribution in [0, 0.1) is 11.3 Å². The zero-order chi connectivity index (χ0) is 23.8. The van der Waals surface area contributed by atoms with Crippen LogP contribution in [0.1, 0.15) is 47.4 Å². The zero-order valence-corrected chi connectivity index (χ0v) is 19.9. The van der Waals surface area contributed by atoms with E-state index in [1.165, 1.54) is 11.1 Å². The van der Waals surface area contributed by atoms with Crippen molar-refractivity contribution in [1.82, 2.24) is 9.80 Å². The number of carbonyl (C=O) groups is 1. The quantitative estimate of drug-likeness (QED) is 0.470. The van der Waals surface area contributed by atoms with E-state index in [4.69, 9.17) is 5.26 Å². The van der Waals surface area contributed by atoms with Crippen LogP contribution in [-0.4, -0.2) is 48.4 Å². The van der Waals surface area contributed by atoms with Crippen molar-refractivity contribution < 1.29 is 4.79 Å². The number of carbonyl (C=O) groups excluding carboxylic acids is 1. The van der Waals surface area contributed by atoms with Crippen LogP contribution in [0.15, 0.2) is 84.9 Å². The normalized spacial score (nSPS) is 14.6. The van der Waals surface area contributed by atoms with Gasteiger partial charge in [0, 0.05) is 32.1 Å². The van der Waals surface area contributed by atoms with E-state index in [0.29, 0.717) is 23.9 Å². The summed E-state index contributed by atoms with van der Waals surface area (Å²) in [5.41, 5.74) is 4.33. The molecule has 0 radical (unpaired) electrons. The second-order valence-corrected chi connectivity index (χ2v) is 9.23. The van der Waals surface area contributed by atoms with Crippen LogP contribution in [0.4, 0.5) is 0 Å². The van der Waals surface area contributed by atoms with E-state index >= 15 is 0 Å². The minimum atomic E-state index is 0.149. The molecule has 3 aromatic rings. The van der Waals surface area contributed by atoms with Gasteiger partial charge in [-0.3, -0.25) is 4.79 Å². The summed E-state index contributed by atoms with van der Waals surface area (Å²) < 4.78 is 0. The molecule has 4 nitrogen and oxygen atoms in total. The number of hydrogen-bond donors (Lipinski definition) is 0. The lowest BCUT2D eigenvalue weighted by Crippen LogP contribution is -2.46. The SMILES string of the molecule is CN(C(=O)Cc1ccc(C#N)cc1)C1CCN(CCC(c2ccccc2)c2ccccc2)CC1. The number of likely N-dealkylation sites (N-methyl/N-ethyl adjacent to an activating group) is 1. The summed E-state index contributed by atoms with van der Waals surface area (Å²) in [6.07, 6.45) is 3.50. The molecule has 0 spiro atoms. The summed E-state index contributed by atoms with van der Waals surface area (Å²) in [4.78, 5) is 17.3. The molecule has 0 aromatic heterocycles. The molecule has 4 rings (SSSR count). The predicted octanol–water partition coefficient (Wildman–Crippen LogP) is 5.25. The number of likely N-dealkylation sites (tertiary alicyclic amines) is 1. The van der Waals surface area contributed by atoms with E-state index in [0.717, 1.165) is 44.5 Å². The first kappa shape index (κ1) is 23.7. The van der Waals surface area contributed by atoms with Crippen LogP contribution in [0.3, 0.4) is 0 Å². The van der Waals surface area contributed by atoms with Gasteiger partial charge >= 0.3 is 0 Å². The van der Waals surface area contributed by atoms with E-state index in [9.17, 15) is 4.79 Å². The monoisotopic (exact) mass is 451 g/mol. The van der Waals surface area contributed by atoms with Gasteiger partial charge in [0.2, 0.25) is 5.91 Å². The molecule has 1 fully saturated rings. The third-order valence-corrected chi connectivity index (χ3v) is 7.07. The van der Waals surface area contributed by atoms with E-state index in [1.54, 1.807) is 12.1 Å². The molecular formula is C30H33N3O. The van der Waals surface area contributed by atoms with Gasteiger partial charge in [-0.2, -0.15) is 5.26 Å². The Morgan fingerprint density at radius 1 is 0.941 bits per heavy atom. The maximum atomic E-state index is 12.8. The number of benzene rings is 3. The molecular weight excluding hydrogens is 418 g/mol. The Hall–Kier alpha value is -3.42. The molecule has 34 heavy (non-hydrogen) atoms. The Kier molecular flexibility index (Phi) is 8.12. The number of amides is 1. The van der Waals surface area contributed by atoms with E-state index in [-0.39, 0.29) is 5.91 Å². The van der Waals surface area contributed by atoms with E-state index < -0.39 is 0 Å². The summed E-state index contributed by atoms with van der Waals surface area (Å²) in [6, 6.07) is 31.3. The van der Waals surface area contributed by atoms with Gasteiger partial charge in [-0.05, 0) is 54.6 Å². The average molecular weight is 452 g/mol. The first-order valence-corrected chi connectivity index (χ1v) is 12.2. The molecule has 0 unspecified atom stereocenters. The zero-order valence-electron chi connectivity index (χ0n) is 19.9. The Balaban J connectivity index is 1.29. The second kappa shape index (κ2) is 11.6.